The fourth-order valence-electron chi connectivity index (χ4n) is 1.72. The van der Waals surface area contributed by atoms with Gasteiger partial charge in [0.05, 0.1) is 5.54 Å². The minimum absolute atomic E-state index is 0. The maximum atomic E-state index is 5.40. The molecule has 0 unspecified atom stereocenters. The third-order valence-electron chi connectivity index (χ3n) is 3.25. The predicted octanol–water partition coefficient (Wildman–Crippen LogP) is 1.22. The fourth-order valence-corrected chi connectivity index (χ4v) is 1.72. The maximum Gasteiger partial charge on any atom is 0.643 e. The first kappa shape index (κ1) is 18.3. The Kier molecular flexibility index (Phi) is 11.5. The van der Waals surface area contributed by atoms with Crippen molar-refractivity contribution in [2.45, 2.75) is 45.6 Å². The minimum atomic E-state index is -0.551. The van der Waals surface area contributed by atoms with E-state index in [-0.39, 0.29) is 7.43 Å². The Morgan fingerprint density at radius 2 is 1.44 bits per heavy atom. The van der Waals surface area contributed by atoms with E-state index in [1.54, 1.807) is 14.2 Å². The molecule has 0 aromatic rings. The highest BCUT2D eigenvalue weighted by Crippen LogP contribution is 2.13. The van der Waals surface area contributed by atoms with Gasteiger partial charge in [-0.3, -0.25) is 0 Å². The predicted molar refractivity (Wildman–Crippen MR) is 67.7 cm³/mol. The molecule has 0 aliphatic heterocycles. The quantitative estimate of drug-likeness (QED) is 0.370. The van der Waals surface area contributed by atoms with Gasteiger partial charge >= 0.3 is 7.32 Å². The van der Waals surface area contributed by atoms with Crippen LogP contribution in [0, 0.1) is 7.43 Å². The van der Waals surface area contributed by atoms with Crippen LogP contribution >= 0.6 is 0 Å². The Morgan fingerprint density at radius 3 is 1.75 bits per heavy atom. The van der Waals surface area contributed by atoms with Crippen LogP contribution in [0.1, 0.15) is 40.0 Å². The van der Waals surface area contributed by atoms with Gasteiger partial charge in [-0.25, -0.2) is 0 Å². The van der Waals surface area contributed by atoms with Crippen molar-refractivity contribution in [2.75, 3.05) is 21.0 Å². The van der Waals surface area contributed by atoms with Gasteiger partial charge in [0, 0.05) is 14.2 Å². The monoisotopic (exact) mass is 233 g/mol. The largest absolute Gasteiger partial charge is 0.643 e. The van der Waals surface area contributed by atoms with Crippen molar-refractivity contribution in [1.29, 1.82) is 0 Å². The SMILES string of the molecule is CCC(CC)(CC)[NH2+]COB(OC)OC.[CH3-]. The van der Waals surface area contributed by atoms with E-state index >= 15 is 0 Å². The minimum Gasteiger partial charge on any atom is -0.389 e. The summed E-state index contributed by atoms with van der Waals surface area (Å²) in [6, 6.07) is 0. The zero-order chi connectivity index (χ0) is 11.7. The zero-order valence-corrected chi connectivity index (χ0v) is 11.7. The van der Waals surface area contributed by atoms with Crippen molar-refractivity contribution < 1.29 is 19.3 Å². The summed E-state index contributed by atoms with van der Waals surface area (Å²) in [4.78, 5) is 0. The smallest absolute Gasteiger partial charge is 0.389 e. The summed E-state index contributed by atoms with van der Waals surface area (Å²) in [5.41, 5.74) is 0.298. The number of quaternary nitrogens is 1. The van der Waals surface area contributed by atoms with Gasteiger partial charge in [0.15, 0.2) is 6.73 Å². The average molecular weight is 233 g/mol. The lowest BCUT2D eigenvalue weighted by molar-refractivity contribution is -0.750. The van der Waals surface area contributed by atoms with E-state index < -0.39 is 7.32 Å². The lowest BCUT2D eigenvalue weighted by Gasteiger charge is -2.28. The Labute approximate surface area is 101 Å². The second-order valence-electron chi connectivity index (χ2n) is 3.72. The van der Waals surface area contributed by atoms with Gasteiger partial charge in [-0.2, -0.15) is 0 Å². The molecule has 4 nitrogen and oxygen atoms in total. The molecule has 0 aromatic heterocycles. The summed E-state index contributed by atoms with van der Waals surface area (Å²) in [6.07, 6.45) is 3.44. The molecular weight excluding hydrogens is 205 g/mol. The third-order valence-corrected chi connectivity index (χ3v) is 3.25. The molecule has 0 amide bonds. The van der Waals surface area contributed by atoms with Crippen molar-refractivity contribution in [3.05, 3.63) is 7.43 Å². The molecule has 0 bridgehead atoms. The van der Waals surface area contributed by atoms with E-state index in [4.69, 9.17) is 14.0 Å². The number of hydrogen-bond donors (Lipinski definition) is 1. The molecule has 0 atom stereocenters. The lowest BCUT2D eigenvalue weighted by atomic mass is 9.90. The van der Waals surface area contributed by atoms with Crippen molar-refractivity contribution in [2.24, 2.45) is 0 Å². The summed E-state index contributed by atoms with van der Waals surface area (Å²) in [5.74, 6) is 0. The Balaban J connectivity index is 0. The van der Waals surface area contributed by atoms with Crippen molar-refractivity contribution in [3.8, 4) is 0 Å². The van der Waals surface area contributed by atoms with E-state index in [2.05, 4.69) is 26.1 Å². The molecule has 0 radical (unpaired) electrons. The second kappa shape index (κ2) is 10.1. The van der Waals surface area contributed by atoms with Crippen LogP contribution in [-0.4, -0.2) is 33.8 Å². The molecular formula is C11H28BNO3. The number of nitrogens with two attached hydrogens (primary N) is 1. The van der Waals surface area contributed by atoms with Crippen LogP contribution in [0.5, 0.6) is 0 Å². The van der Waals surface area contributed by atoms with Gasteiger partial charge in [-0.1, -0.05) is 20.8 Å². The van der Waals surface area contributed by atoms with Crippen LogP contribution in [0.15, 0.2) is 0 Å². The Hall–Kier alpha value is -0.0951. The van der Waals surface area contributed by atoms with E-state index in [1.807, 2.05) is 0 Å². The van der Waals surface area contributed by atoms with Gasteiger partial charge < -0.3 is 26.7 Å². The molecule has 2 N–H and O–H groups in total. The molecule has 0 fully saturated rings. The third kappa shape index (κ3) is 5.84. The van der Waals surface area contributed by atoms with Crippen LogP contribution in [0.3, 0.4) is 0 Å². The van der Waals surface area contributed by atoms with Gasteiger partial charge in [0.1, 0.15) is 0 Å². The van der Waals surface area contributed by atoms with Crippen LogP contribution in [0.2, 0.25) is 0 Å². The molecule has 5 heteroatoms. The number of hydrogen-bond acceptors (Lipinski definition) is 3. The first-order chi connectivity index (χ1) is 7.17. The van der Waals surface area contributed by atoms with Crippen molar-refractivity contribution in [1.82, 2.24) is 0 Å². The standard InChI is InChI=1S/C10H24BNO3.CH3/c1-6-10(7-2,8-3)12-9-15-11(13-4)14-5;/h12H,6-9H2,1-5H3;1H3/q;-1/p+1. The molecule has 0 spiro atoms. The van der Waals surface area contributed by atoms with E-state index in [1.165, 1.54) is 0 Å². The first-order valence-electron chi connectivity index (χ1n) is 5.69. The molecule has 0 saturated heterocycles. The topological polar surface area (TPSA) is 44.3 Å². The molecule has 0 aliphatic carbocycles. The summed E-state index contributed by atoms with van der Waals surface area (Å²) in [5, 5.41) is 2.23. The van der Waals surface area contributed by atoms with Crippen molar-refractivity contribution in [3.63, 3.8) is 0 Å². The van der Waals surface area contributed by atoms with Crippen LogP contribution in [0.4, 0.5) is 0 Å². The molecule has 98 valence electrons. The summed E-state index contributed by atoms with van der Waals surface area (Å²) in [7, 11) is 2.59. The molecule has 0 heterocycles. The molecule has 0 aliphatic rings. The van der Waals surface area contributed by atoms with Crippen molar-refractivity contribution >= 4 is 7.32 Å². The lowest BCUT2D eigenvalue weighted by Crippen LogP contribution is -2.97. The first-order valence-corrected chi connectivity index (χ1v) is 5.69. The van der Waals surface area contributed by atoms with E-state index in [0.717, 1.165) is 19.3 Å². The van der Waals surface area contributed by atoms with Gasteiger partial charge in [-0.15, -0.1) is 0 Å². The Morgan fingerprint density at radius 1 is 1.00 bits per heavy atom. The normalized spacial score (nSPS) is 11.1. The molecule has 0 rings (SSSR count). The highest BCUT2D eigenvalue weighted by molar-refractivity contribution is 6.36. The molecule has 0 aromatic carbocycles. The number of rotatable bonds is 9. The average Bonchev–Trinajstić information content (AvgIpc) is 2.31. The summed E-state index contributed by atoms with van der Waals surface area (Å²) < 4.78 is 15.3. The summed E-state index contributed by atoms with van der Waals surface area (Å²) >= 11 is 0. The Bertz CT molecular complexity index is 142. The van der Waals surface area contributed by atoms with Gasteiger partial charge in [0.2, 0.25) is 0 Å². The summed E-state index contributed by atoms with van der Waals surface area (Å²) in [6.45, 7) is 7.22. The van der Waals surface area contributed by atoms with Crippen LogP contribution < -0.4 is 5.32 Å². The fraction of sp³-hybridized carbons (Fsp3) is 0.909. The van der Waals surface area contributed by atoms with Crippen LogP contribution in [-0.2, 0) is 14.0 Å². The van der Waals surface area contributed by atoms with E-state index in [9.17, 15) is 0 Å². The zero-order valence-electron chi connectivity index (χ0n) is 11.7. The molecule has 16 heavy (non-hydrogen) atoms. The van der Waals surface area contributed by atoms with E-state index in [0.29, 0.717) is 12.3 Å². The highest BCUT2D eigenvalue weighted by Gasteiger charge is 2.28. The van der Waals surface area contributed by atoms with Crippen LogP contribution in [0.25, 0.3) is 0 Å². The second-order valence-corrected chi connectivity index (χ2v) is 3.72. The highest BCUT2D eigenvalue weighted by atomic mass is 16.7. The maximum absolute atomic E-state index is 5.40. The van der Waals surface area contributed by atoms with Gasteiger partial charge in [0.25, 0.3) is 0 Å². The van der Waals surface area contributed by atoms with Gasteiger partial charge in [-0.05, 0) is 19.3 Å². The molecule has 0 saturated carbocycles.